The van der Waals surface area contributed by atoms with Gasteiger partial charge < -0.3 is 29.3 Å². The van der Waals surface area contributed by atoms with Crippen molar-refractivity contribution < 1.29 is 23.4 Å². The minimum atomic E-state index is -0.289. The predicted octanol–water partition coefficient (Wildman–Crippen LogP) is 2.17. The third-order valence-electron chi connectivity index (χ3n) is 3.02. The van der Waals surface area contributed by atoms with Crippen LogP contribution < -0.4 is 24.8 Å². The Morgan fingerprint density at radius 2 is 1.91 bits per heavy atom. The van der Waals surface area contributed by atoms with Gasteiger partial charge in [-0.15, -0.1) is 0 Å². The van der Waals surface area contributed by atoms with Crippen molar-refractivity contribution >= 4 is 6.03 Å². The van der Waals surface area contributed by atoms with Gasteiger partial charge in [-0.1, -0.05) is 6.07 Å². The SMILES string of the molecule is COc1cccc(OCCNC(=O)NCc2ccco2)c1OC. The van der Waals surface area contributed by atoms with Gasteiger partial charge in [0.1, 0.15) is 12.4 Å². The molecule has 2 aromatic rings. The summed E-state index contributed by atoms with van der Waals surface area (Å²) < 4.78 is 21.2. The largest absolute Gasteiger partial charge is 0.493 e. The molecule has 0 aliphatic carbocycles. The van der Waals surface area contributed by atoms with Gasteiger partial charge >= 0.3 is 6.03 Å². The lowest BCUT2D eigenvalue weighted by Crippen LogP contribution is -2.37. The van der Waals surface area contributed by atoms with Crippen molar-refractivity contribution in [3.05, 3.63) is 42.4 Å². The minimum Gasteiger partial charge on any atom is -0.493 e. The van der Waals surface area contributed by atoms with E-state index in [0.717, 1.165) is 0 Å². The lowest BCUT2D eigenvalue weighted by Gasteiger charge is -2.13. The highest BCUT2D eigenvalue weighted by Gasteiger charge is 2.10. The maximum Gasteiger partial charge on any atom is 0.315 e. The first-order chi connectivity index (χ1) is 11.2. The second kappa shape index (κ2) is 8.57. The topological polar surface area (TPSA) is 82.0 Å². The van der Waals surface area contributed by atoms with E-state index in [1.54, 1.807) is 50.8 Å². The third kappa shape index (κ3) is 4.84. The van der Waals surface area contributed by atoms with Crippen molar-refractivity contribution in [2.24, 2.45) is 0 Å². The van der Waals surface area contributed by atoms with Crippen molar-refractivity contribution in [1.82, 2.24) is 10.6 Å². The van der Waals surface area contributed by atoms with E-state index in [2.05, 4.69) is 10.6 Å². The van der Waals surface area contributed by atoms with Crippen molar-refractivity contribution in [1.29, 1.82) is 0 Å². The number of para-hydroxylation sites is 1. The summed E-state index contributed by atoms with van der Waals surface area (Å²) in [5.74, 6) is 2.37. The van der Waals surface area contributed by atoms with Crippen LogP contribution in [0.15, 0.2) is 41.0 Å². The molecule has 0 spiro atoms. The van der Waals surface area contributed by atoms with E-state index in [9.17, 15) is 4.79 Å². The molecule has 0 fully saturated rings. The van der Waals surface area contributed by atoms with Gasteiger partial charge in [0.2, 0.25) is 5.75 Å². The summed E-state index contributed by atoms with van der Waals surface area (Å²) in [6.07, 6.45) is 1.56. The van der Waals surface area contributed by atoms with Crippen molar-refractivity contribution in [3.63, 3.8) is 0 Å². The van der Waals surface area contributed by atoms with E-state index in [1.165, 1.54) is 0 Å². The zero-order chi connectivity index (χ0) is 16.5. The molecule has 2 N–H and O–H groups in total. The van der Waals surface area contributed by atoms with Gasteiger partial charge in [-0.2, -0.15) is 0 Å². The third-order valence-corrected chi connectivity index (χ3v) is 3.02. The van der Waals surface area contributed by atoms with Gasteiger partial charge in [0.25, 0.3) is 0 Å². The fourth-order valence-electron chi connectivity index (χ4n) is 1.94. The average Bonchev–Trinajstić information content (AvgIpc) is 3.10. The molecule has 0 saturated heterocycles. The molecule has 0 aliphatic rings. The summed E-state index contributed by atoms with van der Waals surface area (Å²) in [5.41, 5.74) is 0. The second-order valence-electron chi connectivity index (χ2n) is 4.53. The molecule has 0 aliphatic heterocycles. The van der Waals surface area contributed by atoms with E-state index >= 15 is 0 Å². The number of ether oxygens (including phenoxy) is 3. The zero-order valence-electron chi connectivity index (χ0n) is 13.1. The Balaban J connectivity index is 1.72. The monoisotopic (exact) mass is 320 g/mol. The second-order valence-corrected chi connectivity index (χ2v) is 4.53. The molecule has 0 atom stereocenters. The quantitative estimate of drug-likeness (QED) is 0.729. The van der Waals surface area contributed by atoms with Crippen LogP contribution in [0.3, 0.4) is 0 Å². The highest BCUT2D eigenvalue weighted by atomic mass is 16.5. The zero-order valence-corrected chi connectivity index (χ0v) is 13.1. The number of methoxy groups -OCH3 is 2. The number of urea groups is 1. The van der Waals surface area contributed by atoms with Crippen LogP contribution in [0.25, 0.3) is 0 Å². The molecule has 1 heterocycles. The molecular weight excluding hydrogens is 300 g/mol. The molecule has 1 aromatic heterocycles. The Morgan fingerprint density at radius 3 is 2.61 bits per heavy atom. The highest BCUT2D eigenvalue weighted by Crippen LogP contribution is 2.36. The fourth-order valence-corrected chi connectivity index (χ4v) is 1.94. The molecule has 1 aromatic carbocycles. The Hall–Kier alpha value is -2.83. The number of hydrogen-bond donors (Lipinski definition) is 2. The van der Waals surface area contributed by atoms with E-state index in [0.29, 0.717) is 42.7 Å². The molecule has 0 bridgehead atoms. The van der Waals surface area contributed by atoms with Crippen LogP contribution in [0, 0.1) is 0 Å². The normalized spacial score (nSPS) is 10.0. The number of carbonyl (C=O) groups is 1. The molecule has 0 radical (unpaired) electrons. The van der Waals surface area contributed by atoms with Crippen molar-refractivity contribution in [3.8, 4) is 17.2 Å². The molecule has 23 heavy (non-hydrogen) atoms. The molecule has 124 valence electrons. The van der Waals surface area contributed by atoms with E-state index < -0.39 is 0 Å². The Morgan fingerprint density at radius 1 is 1.09 bits per heavy atom. The molecule has 7 heteroatoms. The molecule has 2 rings (SSSR count). The van der Waals surface area contributed by atoms with Gasteiger partial charge in [0.05, 0.1) is 33.6 Å². The molecule has 0 saturated carbocycles. The number of nitrogens with one attached hydrogen (secondary N) is 2. The fraction of sp³-hybridized carbons (Fsp3) is 0.312. The van der Waals surface area contributed by atoms with Crippen molar-refractivity contribution in [2.45, 2.75) is 6.54 Å². The first-order valence-corrected chi connectivity index (χ1v) is 7.12. The number of benzene rings is 1. The predicted molar refractivity (Wildman–Crippen MR) is 84.0 cm³/mol. The van der Waals surface area contributed by atoms with E-state index in [4.69, 9.17) is 18.6 Å². The maximum absolute atomic E-state index is 11.6. The number of carbonyl (C=O) groups excluding carboxylic acids is 1. The van der Waals surface area contributed by atoms with Gasteiger partial charge in [-0.05, 0) is 24.3 Å². The Labute approximate surface area is 134 Å². The number of rotatable bonds is 8. The van der Waals surface area contributed by atoms with Crippen molar-refractivity contribution in [2.75, 3.05) is 27.4 Å². The standard InChI is InChI=1S/C16H20N2O5/c1-20-13-6-3-7-14(15(13)21-2)23-10-8-17-16(19)18-11-12-5-4-9-22-12/h3-7,9H,8,10-11H2,1-2H3,(H2,17,18,19). The summed E-state index contributed by atoms with van der Waals surface area (Å²) in [6, 6.07) is 8.63. The summed E-state index contributed by atoms with van der Waals surface area (Å²) in [5, 5.41) is 5.37. The van der Waals surface area contributed by atoms with Gasteiger partial charge in [0.15, 0.2) is 11.5 Å². The number of furan rings is 1. The Kier molecular flexibility index (Phi) is 6.17. The maximum atomic E-state index is 11.6. The highest BCUT2D eigenvalue weighted by molar-refractivity contribution is 5.73. The van der Waals surface area contributed by atoms with E-state index in [1.807, 2.05) is 0 Å². The first kappa shape index (κ1) is 16.5. The minimum absolute atomic E-state index is 0.289. The van der Waals surface area contributed by atoms with Crippen LogP contribution in [0.5, 0.6) is 17.2 Å². The first-order valence-electron chi connectivity index (χ1n) is 7.12. The van der Waals surface area contributed by atoms with Gasteiger partial charge in [-0.3, -0.25) is 0 Å². The summed E-state index contributed by atoms with van der Waals surface area (Å²) in [4.78, 5) is 11.6. The summed E-state index contributed by atoms with van der Waals surface area (Å²) in [6.45, 7) is 0.992. The molecular formula is C16H20N2O5. The number of amides is 2. The van der Waals surface area contributed by atoms with Crippen LogP contribution in [-0.2, 0) is 6.54 Å². The lowest BCUT2D eigenvalue weighted by molar-refractivity contribution is 0.234. The van der Waals surface area contributed by atoms with E-state index in [-0.39, 0.29) is 6.03 Å². The Bertz CT molecular complexity index is 613. The van der Waals surface area contributed by atoms with Gasteiger partial charge in [-0.25, -0.2) is 4.79 Å². The summed E-state index contributed by atoms with van der Waals surface area (Å²) >= 11 is 0. The van der Waals surface area contributed by atoms with Crippen LogP contribution in [0.4, 0.5) is 4.79 Å². The lowest BCUT2D eigenvalue weighted by atomic mass is 10.3. The molecule has 0 unspecified atom stereocenters. The number of hydrogen-bond acceptors (Lipinski definition) is 5. The average molecular weight is 320 g/mol. The van der Waals surface area contributed by atoms with Gasteiger partial charge in [0, 0.05) is 0 Å². The summed E-state index contributed by atoms with van der Waals surface area (Å²) in [7, 11) is 3.11. The molecule has 2 amide bonds. The van der Waals surface area contributed by atoms with Crippen LogP contribution in [0.1, 0.15) is 5.76 Å². The molecule has 7 nitrogen and oxygen atoms in total. The van der Waals surface area contributed by atoms with Crippen LogP contribution in [0.2, 0.25) is 0 Å². The smallest absolute Gasteiger partial charge is 0.315 e. The van der Waals surface area contributed by atoms with Crippen LogP contribution >= 0.6 is 0 Å². The van der Waals surface area contributed by atoms with Crippen LogP contribution in [-0.4, -0.2) is 33.4 Å².